The van der Waals surface area contributed by atoms with Gasteiger partial charge in [-0.05, 0) is 85.8 Å². The first-order chi connectivity index (χ1) is 19.2. The molecule has 0 aliphatic rings. The maximum Gasteiger partial charge on any atom is 0.248 e. The molecule has 0 spiro atoms. The van der Waals surface area contributed by atoms with E-state index in [1.165, 1.54) is 44.9 Å². The van der Waals surface area contributed by atoms with Gasteiger partial charge in [0.15, 0.2) is 0 Å². The predicted molar refractivity (Wildman–Crippen MR) is 159 cm³/mol. The van der Waals surface area contributed by atoms with Crippen LogP contribution >= 0.6 is 0 Å². The summed E-state index contributed by atoms with van der Waals surface area (Å²) in [6, 6.07) is 24.4. The number of nitrogens with zero attached hydrogens (tertiary/aromatic N) is 2. The molecule has 1 atom stereocenters. The van der Waals surface area contributed by atoms with Crippen molar-refractivity contribution < 1.29 is 13.9 Å². The largest absolute Gasteiger partial charge is 0.494 e. The molecule has 0 aliphatic carbocycles. The molecule has 4 rings (SSSR count). The summed E-state index contributed by atoms with van der Waals surface area (Å²) in [4.78, 5) is 0. The maximum absolute atomic E-state index is 6.07. The SMILES string of the molecule is CCCCCCOc1ccc(-c2ccc(-c3nnc(-c4ccc(OC(C)CCCCCC)cc4)o3)cc2)cc1. The summed E-state index contributed by atoms with van der Waals surface area (Å²) in [5.74, 6) is 2.79. The van der Waals surface area contributed by atoms with E-state index in [1.54, 1.807) is 0 Å². The van der Waals surface area contributed by atoms with Gasteiger partial charge in [-0.2, -0.15) is 0 Å². The third kappa shape index (κ3) is 8.71. The summed E-state index contributed by atoms with van der Waals surface area (Å²) in [6.45, 7) is 7.36. The highest BCUT2D eigenvalue weighted by atomic mass is 16.5. The van der Waals surface area contributed by atoms with Crippen molar-refractivity contribution in [2.24, 2.45) is 0 Å². The molecular weight excluding hydrogens is 484 g/mol. The monoisotopic (exact) mass is 526 g/mol. The molecule has 0 amide bonds. The van der Waals surface area contributed by atoms with Gasteiger partial charge in [-0.1, -0.05) is 76.6 Å². The zero-order chi connectivity index (χ0) is 27.3. The molecule has 1 aromatic heterocycles. The third-order valence-electron chi connectivity index (χ3n) is 6.91. The number of hydrogen-bond donors (Lipinski definition) is 0. The summed E-state index contributed by atoms with van der Waals surface area (Å²) >= 11 is 0. The van der Waals surface area contributed by atoms with Gasteiger partial charge in [0.25, 0.3) is 0 Å². The van der Waals surface area contributed by atoms with Gasteiger partial charge in [0.05, 0.1) is 12.7 Å². The van der Waals surface area contributed by atoms with Crippen LogP contribution in [0.15, 0.2) is 77.2 Å². The Morgan fingerprint density at radius 1 is 0.590 bits per heavy atom. The Hall–Kier alpha value is -3.60. The molecule has 0 aliphatic heterocycles. The molecule has 206 valence electrons. The quantitative estimate of drug-likeness (QED) is 0.136. The van der Waals surface area contributed by atoms with Gasteiger partial charge in [-0.15, -0.1) is 10.2 Å². The molecule has 0 radical (unpaired) electrons. The Bertz CT molecular complexity index is 1230. The lowest BCUT2D eigenvalue weighted by Gasteiger charge is -2.14. The van der Waals surface area contributed by atoms with Crippen LogP contribution in [0.25, 0.3) is 34.0 Å². The van der Waals surface area contributed by atoms with Gasteiger partial charge in [-0.25, -0.2) is 0 Å². The molecule has 5 heteroatoms. The predicted octanol–water partition coefficient (Wildman–Crippen LogP) is 9.77. The average Bonchev–Trinajstić information content (AvgIpc) is 3.47. The van der Waals surface area contributed by atoms with E-state index in [2.05, 4.69) is 55.2 Å². The molecule has 5 nitrogen and oxygen atoms in total. The van der Waals surface area contributed by atoms with Gasteiger partial charge in [-0.3, -0.25) is 0 Å². The Morgan fingerprint density at radius 3 is 1.67 bits per heavy atom. The second kappa shape index (κ2) is 15.1. The number of aromatic nitrogens is 2. The van der Waals surface area contributed by atoms with Crippen LogP contribution in [-0.4, -0.2) is 22.9 Å². The summed E-state index contributed by atoms with van der Waals surface area (Å²) in [5.41, 5.74) is 4.04. The third-order valence-corrected chi connectivity index (χ3v) is 6.91. The second-order valence-corrected chi connectivity index (χ2v) is 10.2. The van der Waals surface area contributed by atoms with Crippen LogP contribution in [0, 0.1) is 0 Å². The molecular formula is C34H42N2O3. The first kappa shape index (κ1) is 28.4. The molecule has 39 heavy (non-hydrogen) atoms. The molecule has 3 aromatic carbocycles. The zero-order valence-electron chi connectivity index (χ0n) is 23.7. The fourth-order valence-corrected chi connectivity index (χ4v) is 4.55. The van der Waals surface area contributed by atoms with Crippen LogP contribution in [0.2, 0.25) is 0 Å². The topological polar surface area (TPSA) is 57.4 Å². The van der Waals surface area contributed by atoms with Crippen molar-refractivity contribution in [2.75, 3.05) is 6.61 Å². The Morgan fingerprint density at radius 2 is 1.08 bits per heavy atom. The molecule has 4 aromatic rings. The van der Waals surface area contributed by atoms with Crippen LogP contribution < -0.4 is 9.47 Å². The van der Waals surface area contributed by atoms with E-state index in [1.807, 2.05) is 48.5 Å². The first-order valence-electron chi connectivity index (χ1n) is 14.6. The van der Waals surface area contributed by atoms with Gasteiger partial charge < -0.3 is 13.9 Å². The lowest BCUT2D eigenvalue weighted by Crippen LogP contribution is -2.11. The first-order valence-corrected chi connectivity index (χ1v) is 14.6. The van der Waals surface area contributed by atoms with E-state index in [0.717, 1.165) is 53.2 Å². The van der Waals surface area contributed by atoms with E-state index in [4.69, 9.17) is 13.9 Å². The lowest BCUT2D eigenvalue weighted by molar-refractivity contribution is 0.206. The normalized spacial score (nSPS) is 11.9. The molecule has 1 heterocycles. The summed E-state index contributed by atoms with van der Waals surface area (Å²) in [7, 11) is 0. The average molecular weight is 527 g/mol. The van der Waals surface area contributed by atoms with Gasteiger partial charge >= 0.3 is 0 Å². The highest BCUT2D eigenvalue weighted by Gasteiger charge is 2.12. The van der Waals surface area contributed by atoms with E-state index < -0.39 is 0 Å². The van der Waals surface area contributed by atoms with Crippen molar-refractivity contribution in [3.8, 4) is 45.5 Å². The van der Waals surface area contributed by atoms with Crippen LogP contribution in [0.5, 0.6) is 11.5 Å². The van der Waals surface area contributed by atoms with E-state index in [0.29, 0.717) is 11.8 Å². The van der Waals surface area contributed by atoms with Crippen LogP contribution in [0.1, 0.15) is 78.6 Å². The van der Waals surface area contributed by atoms with E-state index in [9.17, 15) is 0 Å². The van der Waals surface area contributed by atoms with Crippen molar-refractivity contribution in [3.63, 3.8) is 0 Å². The Labute approximate surface area is 233 Å². The Kier molecular flexibility index (Phi) is 11.0. The fraction of sp³-hybridized carbons (Fsp3) is 0.412. The van der Waals surface area contributed by atoms with Gasteiger partial charge in [0, 0.05) is 11.1 Å². The lowest BCUT2D eigenvalue weighted by atomic mass is 10.0. The standard InChI is InChI=1S/C34H42N2O3/c1-4-6-8-10-12-26(3)38-32-23-19-30(20-24-32)34-36-35-33(39-34)29-15-13-27(14-16-29)28-17-21-31(22-18-28)37-25-11-9-7-5-2/h13-24,26H,4-12,25H2,1-3H3. The number of ether oxygens (including phenoxy) is 2. The molecule has 0 N–H and O–H groups in total. The highest BCUT2D eigenvalue weighted by Crippen LogP contribution is 2.29. The number of hydrogen-bond acceptors (Lipinski definition) is 5. The second-order valence-electron chi connectivity index (χ2n) is 10.2. The number of unbranched alkanes of at least 4 members (excludes halogenated alkanes) is 6. The van der Waals surface area contributed by atoms with Crippen LogP contribution in [-0.2, 0) is 0 Å². The van der Waals surface area contributed by atoms with Crippen LogP contribution in [0.3, 0.4) is 0 Å². The molecule has 0 saturated carbocycles. The fourth-order valence-electron chi connectivity index (χ4n) is 4.55. The summed E-state index contributed by atoms with van der Waals surface area (Å²) in [5, 5.41) is 8.55. The van der Waals surface area contributed by atoms with E-state index in [-0.39, 0.29) is 6.10 Å². The highest BCUT2D eigenvalue weighted by molar-refractivity contribution is 5.68. The van der Waals surface area contributed by atoms with Crippen molar-refractivity contribution >= 4 is 0 Å². The van der Waals surface area contributed by atoms with Crippen molar-refractivity contribution in [3.05, 3.63) is 72.8 Å². The number of benzene rings is 3. The molecule has 1 unspecified atom stereocenters. The number of rotatable bonds is 16. The van der Waals surface area contributed by atoms with Crippen molar-refractivity contribution in [1.82, 2.24) is 10.2 Å². The zero-order valence-corrected chi connectivity index (χ0v) is 23.7. The summed E-state index contributed by atoms with van der Waals surface area (Å²) in [6.07, 6.45) is 11.1. The molecule has 0 bridgehead atoms. The summed E-state index contributed by atoms with van der Waals surface area (Å²) < 4.78 is 17.9. The Balaban J connectivity index is 1.31. The maximum atomic E-state index is 6.07. The molecule has 0 fully saturated rings. The van der Waals surface area contributed by atoms with Gasteiger partial charge in [0.1, 0.15) is 11.5 Å². The van der Waals surface area contributed by atoms with Crippen molar-refractivity contribution in [2.45, 2.75) is 84.7 Å². The van der Waals surface area contributed by atoms with Gasteiger partial charge in [0.2, 0.25) is 11.8 Å². The van der Waals surface area contributed by atoms with Crippen LogP contribution in [0.4, 0.5) is 0 Å². The van der Waals surface area contributed by atoms with E-state index >= 15 is 0 Å². The minimum Gasteiger partial charge on any atom is -0.494 e. The minimum atomic E-state index is 0.206. The minimum absolute atomic E-state index is 0.206. The smallest absolute Gasteiger partial charge is 0.248 e. The van der Waals surface area contributed by atoms with Crippen molar-refractivity contribution in [1.29, 1.82) is 0 Å². The molecule has 0 saturated heterocycles.